The fourth-order valence-electron chi connectivity index (χ4n) is 3.18. The molecule has 0 aromatic carbocycles. The number of esters is 1. The standard InChI is InChI=1S/C20H25N3O5S/c1-3-12(2)28-20(27)17-13-6-4-5-7-15(13)29-19(17)21-18(26)14-8-10-23(22-14)11-9-16(24)25/h8,10,12H,3-7,9,11H2,1-2H3,(H,21,26)(H,24,25). The van der Waals surface area contributed by atoms with Gasteiger partial charge < -0.3 is 15.2 Å². The van der Waals surface area contributed by atoms with Gasteiger partial charge in [-0.25, -0.2) is 4.79 Å². The molecule has 3 rings (SSSR count). The van der Waals surface area contributed by atoms with Crippen LogP contribution in [0.25, 0.3) is 0 Å². The van der Waals surface area contributed by atoms with Gasteiger partial charge in [-0.2, -0.15) is 5.10 Å². The lowest BCUT2D eigenvalue weighted by Crippen LogP contribution is -2.19. The van der Waals surface area contributed by atoms with E-state index in [4.69, 9.17) is 9.84 Å². The minimum atomic E-state index is -0.930. The van der Waals surface area contributed by atoms with E-state index >= 15 is 0 Å². The topological polar surface area (TPSA) is 111 Å². The van der Waals surface area contributed by atoms with Crippen LogP contribution in [0.3, 0.4) is 0 Å². The summed E-state index contributed by atoms with van der Waals surface area (Å²) >= 11 is 1.42. The Morgan fingerprint density at radius 2 is 2.10 bits per heavy atom. The van der Waals surface area contributed by atoms with Crippen molar-refractivity contribution in [2.75, 3.05) is 5.32 Å². The van der Waals surface area contributed by atoms with Gasteiger partial charge in [-0.05, 0) is 50.7 Å². The Bertz CT molecular complexity index is 917. The predicted octanol–water partition coefficient (Wildman–Crippen LogP) is 3.51. The molecule has 29 heavy (non-hydrogen) atoms. The summed E-state index contributed by atoms with van der Waals surface area (Å²) in [6, 6.07) is 1.53. The van der Waals surface area contributed by atoms with Crippen LogP contribution in [-0.2, 0) is 28.9 Å². The summed E-state index contributed by atoms with van der Waals surface area (Å²) < 4.78 is 6.95. The molecule has 156 valence electrons. The summed E-state index contributed by atoms with van der Waals surface area (Å²) in [6.45, 7) is 3.98. The molecule has 8 nitrogen and oxygen atoms in total. The van der Waals surface area contributed by atoms with Crippen LogP contribution in [0.2, 0.25) is 0 Å². The van der Waals surface area contributed by atoms with E-state index in [-0.39, 0.29) is 24.8 Å². The number of fused-ring (bicyclic) bond motifs is 1. The number of anilines is 1. The Hall–Kier alpha value is -2.68. The van der Waals surface area contributed by atoms with Crippen LogP contribution in [-0.4, -0.2) is 38.8 Å². The van der Waals surface area contributed by atoms with Crippen LogP contribution in [0.4, 0.5) is 5.00 Å². The molecule has 0 spiro atoms. The number of hydrogen-bond donors (Lipinski definition) is 2. The third-order valence-electron chi connectivity index (χ3n) is 4.91. The summed E-state index contributed by atoms with van der Waals surface area (Å²) in [5.41, 5.74) is 1.61. The molecule has 0 radical (unpaired) electrons. The van der Waals surface area contributed by atoms with E-state index in [1.54, 1.807) is 6.20 Å². The molecule has 2 aromatic rings. The van der Waals surface area contributed by atoms with E-state index < -0.39 is 17.8 Å². The van der Waals surface area contributed by atoms with Crippen molar-refractivity contribution < 1.29 is 24.2 Å². The van der Waals surface area contributed by atoms with Gasteiger partial charge in [0.1, 0.15) is 5.00 Å². The smallest absolute Gasteiger partial charge is 0.341 e. The van der Waals surface area contributed by atoms with Gasteiger partial charge >= 0.3 is 11.9 Å². The molecular weight excluding hydrogens is 394 g/mol. The molecular formula is C20H25N3O5S. The highest BCUT2D eigenvalue weighted by molar-refractivity contribution is 7.17. The largest absolute Gasteiger partial charge is 0.481 e. The van der Waals surface area contributed by atoms with Crippen LogP contribution >= 0.6 is 11.3 Å². The quantitative estimate of drug-likeness (QED) is 0.634. The molecule has 2 N–H and O–H groups in total. The molecule has 1 aliphatic rings. The maximum atomic E-state index is 12.8. The first-order valence-electron chi connectivity index (χ1n) is 9.81. The fraction of sp³-hybridized carbons (Fsp3) is 0.500. The zero-order valence-electron chi connectivity index (χ0n) is 16.6. The van der Waals surface area contributed by atoms with E-state index in [0.29, 0.717) is 17.0 Å². The fourth-order valence-corrected chi connectivity index (χ4v) is 4.45. The highest BCUT2D eigenvalue weighted by Crippen LogP contribution is 2.39. The maximum absolute atomic E-state index is 12.8. The Morgan fingerprint density at radius 1 is 1.34 bits per heavy atom. The lowest BCUT2D eigenvalue weighted by Gasteiger charge is -2.15. The first-order chi connectivity index (χ1) is 13.9. The third kappa shape index (κ3) is 5.03. The predicted molar refractivity (Wildman–Crippen MR) is 109 cm³/mol. The lowest BCUT2D eigenvalue weighted by molar-refractivity contribution is -0.137. The van der Waals surface area contributed by atoms with Gasteiger partial charge in [0.2, 0.25) is 0 Å². The number of aromatic nitrogens is 2. The number of hydrogen-bond acceptors (Lipinski definition) is 6. The van der Waals surface area contributed by atoms with E-state index in [0.717, 1.165) is 36.1 Å². The zero-order chi connectivity index (χ0) is 21.0. The van der Waals surface area contributed by atoms with Crippen LogP contribution in [0, 0.1) is 0 Å². The van der Waals surface area contributed by atoms with Crippen molar-refractivity contribution in [3.05, 3.63) is 34.0 Å². The van der Waals surface area contributed by atoms with Gasteiger partial charge in [-0.1, -0.05) is 6.92 Å². The number of nitrogens with zero attached hydrogens (tertiary/aromatic N) is 2. The first kappa shape index (κ1) is 21.0. The number of rotatable bonds is 8. The van der Waals surface area contributed by atoms with Crippen LogP contribution in [0.1, 0.15) is 70.8 Å². The minimum Gasteiger partial charge on any atom is -0.481 e. The average Bonchev–Trinajstić information content (AvgIpc) is 3.30. The number of ether oxygens (including phenoxy) is 1. The maximum Gasteiger partial charge on any atom is 0.341 e. The van der Waals surface area contributed by atoms with Gasteiger partial charge in [-0.15, -0.1) is 11.3 Å². The van der Waals surface area contributed by atoms with Gasteiger partial charge in [0.05, 0.1) is 24.6 Å². The van der Waals surface area contributed by atoms with Crippen LogP contribution < -0.4 is 5.32 Å². The van der Waals surface area contributed by atoms with Crippen molar-refractivity contribution in [3.8, 4) is 0 Å². The summed E-state index contributed by atoms with van der Waals surface area (Å²) in [6.07, 6.45) is 5.77. The van der Waals surface area contributed by atoms with E-state index in [1.165, 1.54) is 22.1 Å². The number of amides is 1. The third-order valence-corrected chi connectivity index (χ3v) is 6.12. The second-order valence-corrected chi connectivity index (χ2v) is 8.21. The molecule has 1 aliphatic carbocycles. The molecule has 1 unspecified atom stereocenters. The number of carbonyl (C=O) groups is 3. The van der Waals surface area contributed by atoms with Crippen molar-refractivity contribution in [3.63, 3.8) is 0 Å². The Kier molecular flexibility index (Phi) is 6.68. The molecule has 0 saturated heterocycles. The molecule has 2 heterocycles. The van der Waals surface area contributed by atoms with Gasteiger partial charge in [-0.3, -0.25) is 14.3 Å². The molecule has 1 amide bonds. The Morgan fingerprint density at radius 3 is 2.83 bits per heavy atom. The van der Waals surface area contributed by atoms with Gasteiger partial charge in [0.15, 0.2) is 5.69 Å². The number of thiophene rings is 1. The van der Waals surface area contributed by atoms with Crippen molar-refractivity contribution in [1.82, 2.24) is 9.78 Å². The second-order valence-electron chi connectivity index (χ2n) is 7.10. The van der Waals surface area contributed by atoms with E-state index in [9.17, 15) is 14.4 Å². The summed E-state index contributed by atoms with van der Waals surface area (Å²) in [4.78, 5) is 37.3. The summed E-state index contributed by atoms with van der Waals surface area (Å²) in [5, 5.41) is 16.2. The Balaban J connectivity index is 1.81. The lowest BCUT2D eigenvalue weighted by atomic mass is 9.95. The summed E-state index contributed by atoms with van der Waals surface area (Å²) in [7, 11) is 0. The molecule has 0 bridgehead atoms. The molecule has 0 aliphatic heterocycles. The normalized spacial score (nSPS) is 14.1. The molecule has 2 aromatic heterocycles. The van der Waals surface area contributed by atoms with Gasteiger partial charge in [0.25, 0.3) is 5.91 Å². The SMILES string of the molecule is CCC(C)OC(=O)c1c(NC(=O)c2ccn(CCC(=O)O)n2)sc2c1CCCC2. The molecule has 1 atom stereocenters. The second kappa shape index (κ2) is 9.21. The number of carboxylic acids is 1. The minimum absolute atomic E-state index is 0.0774. The van der Waals surface area contributed by atoms with Crippen molar-refractivity contribution in [2.24, 2.45) is 0 Å². The Labute approximate surface area is 172 Å². The number of aryl methyl sites for hydroxylation is 2. The van der Waals surface area contributed by atoms with E-state index in [1.807, 2.05) is 13.8 Å². The highest BCUT2D eigenvalue weighted by Gasteiger charge is 2.28. The zero-order valence-corrected chi connectivity index (χ0v) is 17.4. The van der Waals surface area contributed by atoms with E-state index in [2.05, 4.69) is 10.4 Å². The monoisotopic (exact) mass is 419 g/mol. The number of carboxylic acid groups (broad SMARTS) is 1. The molecule has 0 fully saturated rings. The van der Waals surface area contributed by atoms with Crippen LogP contribution in [0.15, 0.2) is 12.3 Å². The van der Waals surface area contributed by atoms with Gasteiger partial charge in [0, 0.05) is 11.1 Å². The first-order valence-corrected chi connectivity index (χ1v) is 10.6. The highest BCUT2D eigenvalue weighted by atomic mass is 32.1. The molecule has 0 saturated carbocycles. The number of nitrogens with one attached hydrogen (secondary N) is 1. The number of aliphatic carboxylic acids is 1. The molecule has 9 heteroatoms. The number of carbonyl (C=O) groups excluding carboxylic acids is 2. The van der Waals surface area contributed by atoms with Crippen LogP contribution in [0.5, 0.6) is 0 Å². The van der Waals surface area contributed by atoms with Crippen molar-refractivity contribution in [1.29, 1.82) is 0 Å². The average molecular weight is 420 g/mol. The summed E-state index contributed by atoms with van der Waals surface area (Å²) in [5.74, 6) is -1.77. The van der Waals surface area contributed by atoms with Crippen molar-refractivity contribution >= 4 is 34.2 Å². The van der Waals surface area contributed by atoms with Crippen molar-refractivity contribution in [2.45, 2.75) is 65.0 Å².